The van der Waals surface area contributed by atoms with Gasteiger partial charge in [0.1, 0.15) is 12.6 Å². The Morgan fingerprint density at radius 3 is 1.76 bits per heavy atom. The van der Waals surface area contributed by atoms with E-state index in [1.807, 2.05) is 12.1 Å². The van der Waals surface area contributed by atoms with Crippen LogP contribution in [0.25, 0.3) is 0 Å². The van der Waals surface area contributed by atoms with Crippen molar-refractivity contribution in [2.75, 3.05) is 54.4 Å². The van der Waals surface area contributed by atoms with Crippen molar-refractivity contribution in [3.05, 3.63) is 71.8 Å². The highest BCUT2D eigenvalue weighted by Gasteiger charge is 2.18. The minimum Gasteiger partial charge on any atom is -1.00 e. The third-order valence-corrected chi connectivity index (χ3v) is 4.34. The van der Waals surface area contributed by atoms with Gasteiger partial charge in [-0.3, -0.25) is 0 Å². The second-order valence-electron chi connectivity index (χ2n) is 7.26. The van der Waals surface area contributed by atoms with E-state index in [4.69, 9.17) is 4.74 Å². The summed E-state index contributed by atoms with van der Waals surface area (Å²) in [7, 11) is 8.79. The summed E-state index contributed by atoms with van der Waals surface area (Å²) in [5.41, 5.74) is 2.42. The van der Waals surface area contributed by atoms with E-state index in [0.717, 1.165) is 30.7 Å². The summed E-state index contributed by atoms with van der Waals surface area (Å²) in [5.74, 6) is 0. The topological polar surface area (TPSA) is 12.5 Å². The van der Waals surface area contributed by atoms with Gasteiger partial charge in [-0.05, 0) is 25.2 Å². The van der Waals surface area contributed by atoms with Crippen LogP contribution in [0.4, 0.5) is 0 Å². The van der Waals surface area contributed by atoms with Gasteiger partial charge in [0.25, 0.3) is 0 Å². The lowest BCUT2D eigenvalue weighted by molar-refractivity contribution is -0.890. The summed E-state index contributed by atoms with van der Waals surface area (Å²) < 4.78 is 7.29. The van der Waals surface area contributed by atoms with Gasteiger partial charge in [0.15, 0.2) is 0 Å². The second kappa shape index (κ2) is 10.6. The predicted octanol–water partition coefficient (Wildman–Crippen LogP) is 0.435. The molecule has 3 nitrogen and oxygen atoms in total. The van der Waals surface area contributed by atoms with Crippen LogP contribution in [0.3, 0.4) is 0 Å². The number of hydrogen-bond donors (Lipinski definition) is 0. The number of hydrogen-bond acceptors (Lipinski definition) is 2. The summed E-state index contributed by atoms with van der Waals surface area (Å²) in [6.45, 7) is 3.96. The largest absolute Gasteiger partial charge is 1.00 e. The maximum atomic E-state index is 6.33. The average molecular weight is 363 g/mol. The summed E-state index contributed by atoms with van der Waals surface area (Å²) in [6.07, 6.45) is 0.00116. The van der Waals surface area contributed by atoms with E-state index >= 15 is 0 Å². The molecule has 0 radical (unpaired) electrons. The zero-order valence-corrected chi connectivity index (χ0v) is 16.6. The minimum atomic E-state index is 0. The van der Waals surface area contributed by atoms with Gasteiger partial charge in [0.2, 0.25) is 0 Å². The molecule has 0 amide bonds. The Balaban J connectivity index is 0.00000312. The fourth-order valence-corrected chi connectivity index (χ4v) is 2.64. The van der Waals surface area contributed by atoms with Crippen molar-refractivity contribution in [3.8, 4) is 0 Å². The molecule has 0 fully saturated rings. The molecule has 0 heterocycles. The Morgan fingerprint density at radius 1 is 0.840 bits per heavy atom. The molecule has 0 bridgehead atoms. The molecule has 0 aliphatic rings. The molecule has 0 aromatic heterocycles. The van der Waals surface area contributed by atoms with Crippen LogP contribution in [0.2, 0.25) is 0 Å². The quantitative estimate of drug-likeness (QED) is 0.600. The van der Waals surface area contributed by atoms with Crippen molar-refractivity contribution in [3.63, 3.8) is 0 Å². The van der Waals surface area contributed by atoms with Gasteiger partial charge in [-0.1, -0.05) is 60.7 Å². The maximum absolute atomic E-state index is 6.33. The van der Waals surface area contributed by atoms with Crippen LogP contribution < -0.4 is 12.4 Å². The first-order chi connectivity index (χ1) is 11.5. The lowest BCUT2D eigenvalue weighted by Gasteiger charge is -2.31. The van der Waals surface area contributed by atoms with E-state index in [1.165, 1.54) is 11.1 Å². The molecule has 0 saturated heterocycles. The summed E-state index contributed by atoms with van der Waals surface area (Å²) in [6, 6.07) is 21.0. The van der Waals surface area contributed by atoms with Crippen molar-refractivity contribution in [1.29, 1.82) is 0 Å². The predicted molar refractivity (Wildman–Crippen MR) is 101 cm³/mol. The first-order valence-corrected chi connectivity index (χ1v) is 8.66. The van der Waals surface area contributed by atoms with E-state index < -0.39 is 0 Å². The molecule has 2 rings (SSSR count). The van der Waals surface area contributed by atoms with Crippen LogP contribution in [0.1, 0.15) is 17.2 Å². The van der Waals surface area contributed by atoms with Crippen LogP contribution in [0.15, 0.2) is 60.7 Å². The molecule has 4 heteroatoms. The van der Waals surface area contributed by atoms with Gasteiger partial charge in [-0.25, -0.2) is 0 Å². The number of quaternary nitrogens is 1. The minimum absolute atomic E-state index is 0. The van der Waals surface area contributed by atoms with Crippen molar-refractivity contribution in [2.45, 2.75) is 6.10 Å². The highest BCUT2D eigenvalue weighted by atomic mass is 35.5. The molecular formula is C21H31ClN2O. The van der Waals surface area contributed by atoms with E-state index in [0.29, 0.717) is 0 Å². The SMILES string of the molecule is CN(C)CC[N+](C)(C)CCOC(c1ccccc1)c1ccccc1.[Cl-]. The van der Waals surface area contributed by atoms with Gasteiger partial charge in [0, 0.05) is 6.54 Å². The Hall–Kier alpha value is -1.39. The molecule has 0 atom stereocenters. The van der Waals surface area contributed by atoms with Gasteiger partial charge < -0.3 is 26.5 Å². The van der Waals surface area contributed by atoms with E-state index in [2.05, 4.69) is 81.6 Å². The molecular weight excluding hydrogens is 332 g/mol. The van der Waals surface area contributed by atoms with Crippen LogP contribution in [-0.2, 0) is 4.74 Å². The normalized spacial score (nSPS) is 11.6. The standard InChI is InChI=1S/C21H31N2O.ClH/c1-22(2)15-16-23(3,4)17-18-24-21(19-11-7-5-8-12-19)20-13-9-6-10-14-20;/h5-14,21H,15-18H2,1-4H3;1H/q+1;/p-1. The number of rotatable bonds is 9. The summed E-state index contributed by atoms with van der Waals surface area (Å²) in [5, 5.41) is 0. The highest BCUT2D eigenvalue weighted by Crippen LogP contribution is 2.25. The number of nitrogens with zero attached hydrogens (tertiary/aromatic N) is 2. The molecule has 0 saturated carbocycles. The van der Waals surface area contributed by atoms with Crippen molar-refractivity contribution in [2.24, 2.45) is 0 Å². The second-order valence-corrected chi connectivity index (χ2v) is 7.26. The maximum Gasteiger partial charge on any atom is 0.108 e. The third kappa shape index (κ3) is 7.57. The molecule has 2 aromatic carbocycles. The molecule has 25 heavy (non-hydrogen) atoms. The Morgan fingerprint density at radius 2 is 1.32 bits per heavy atom. The highest BCUT2D eigenvalue weighted by molar-refractivity contribution is 5.29. The fraction of sp³-hybridized carbons (Fsp3) is 0.429. The van der Waals surface area contributed by atoms with E-state index in [-0.39, 0.29) is 18.5 Å². The van der Waals surface area contributed by atoms with Crippen LogP contribution in [0, 0.1) is 0 Å². The molecule has 2 aromatic rings. The van der Waals surface area contributed by atoms with Gasteiger partial charge >= 0.3 is 0 Å². The Bertz CT molecular complexity index is 548. The fourth-order valence-electron chi connectivity index (χ4n) is 2.64. The van der Waals surface area contributed by atoms with E-state index in [9.17, 15) is 0 Å². The average Bonchev–Trinajstić information content (AvgIpc) is 2.59. The first kappa shape index (κ1) is 21.7. The summed E-state index contributed by atoms with van der Waals surface area (Å²) >= 11 is 0. The first-order valence-electron chi connectivity index (χ1n) is 8.66. The lowest BCUT2D eigenvalue weighted by Crippen LogP contribution is -3.00. The molecule has 0 aliphatic heterocycles. The molecule has 0 aliphatic carbocycles. The molecule has 0 spiro atoms. The van der Waals surface area contributed by atoms with Crippen LogP contribution in [-0.4, -0.2) is 63.8 Å². The van der Waals surface area contributed by atoms with Crippen LogP contribution in [0.5, 0.6) is 0 Å². The Kier molecular flexibility index (Phi) is 9.15. The van der Waals surface area contributed by atoms with Gasteiger partial charge in [-0.2, -0.15) is 0 Å². The zero-order valence-electron chi connectivity index (χ0n) is 15.9. The lowest BCUT2D eigenvalue weighted by atomic mass is 10.0. The van der Waals surface area contributed by atoms with Crippen molar-refractivity contribution < 1.29 is 21.6 Å². The smallest absolute Gasteiger partial charge is 0.108 e. The monoisotopic (exact) mass is 362 g/mol. The molecule has 0 N–H and O–H groups in total. The molecule has 0 unspecified atom stereocenters. The van der Waals surface area contributed by atoms with Crippen LogP contribution >= 0.6 is 0 Å². The van der Waals surface area contributed by atoms with Gasteiger partial charge in [0.05, 0.1) is 27.2 Å². The van der Waals surface area contributed by atoms with Gasteiger partial charge in [-0.15, -0.1) is 0 Å². The number of likely N-dealkylation sites (N-methyl/N-ethyl adjacent to an activating group) is 2. The zero-order chi connectivity index (χ0) is 17.4. The third-order valence-electron chi connectivity index (χ3n) is 4.34. The molecule has 138 valence electrons. The number of halogens is 1. The number of benzene rings is 2. The Labute approximate surface area is 159 Å². The summed E-state index contributed by atoms with van der Waals surface area (Å²) in [4.78, 5) is 2.23. The van der Waals surface area contributed by atoms with Crippen molar-refractivity contribution in [1.82, 2.24) is 4.90 Å². The van der Waals surface area contributed by atoms with E-state index in [1.54, 1.807) is 0 Å². The number of ether oxygens (including phenoxy) is 1. The van der Waals surface area contributed by atoms with Crippen molar-refractivity contribution >= 4 is 0 Å².